The zero-order chi connectivity index (χ0) is 11.4. The summed E-state index contributed by atoms with van der Waals surface area (Å²) in [5, 5.41) is 4.60. The van der Waals surface area contributed by atoms with Crippen LogP contribution in [-0.4, -0.2) is 4.98 Å². The van der Waals surface area contributed by atoms with Gasteiger partial charge in [0.1, 0.15) is 0 Å². The molecule has 0 aliphatic carbocycles. The molecule has 2 aromatic rings. The molecule has 1 aromatic carbocycles. The molecule has 0 bridgehead atoms. The Balaban J connectivity index is 2.05. The van der Waals surface area contributed by atoms with E-state index < -0.39 is 0 Å². The van der Waals surface area contributed by atoms with Gasteiger partial charge in [-0.2, -0.15) is 0 Å². The van der Waals surface area contributed by atoms with Gasteiger partial charge in [-0.25, -0.2) is 0 Å². The van der Waals surface area contributed by atoms with Crippen molar-refractivity contribution in [2.45, 2.75) is 6.54 Å². The second-order valence-corrected chi connectivity index (χ2v) is 4.18. The lowest BCUT2D eigenvalue weighted by atomic mass is 10.2. The molecule has 0 fully saturated rings. The molecule has 4 heteroatoms. The second-order valence-electron chi connectivity index (χ2n) is 3.34. The highest BCUT2D eigenvalue weighted by molar-refractivity contribution is 6.33. The minimum Gasteiger partial charge on any atom is -0.379 e. The standard InChI is InChI=1S/C12H10Cl2N2/c13-10-3-1-2-9(6-10)7-16-12-8-15-5-4-11(12)14/h1-6,8,16H,7H2. The van der Waals surface area contributed by atoms with Crippen LogP contribution in [0, 0.1) is 0 Å². The van der Waals surface area contributed by atoms with Crippen LogP contribution in [0.15, 0.2) is 42.7 Å². The van der Waals surface area contributed by atoms with Gasteiger partial charge in [-0.05, 0) is 23.8 Å². The lowest BCUT2D eigenvalue weighted by Crippen LogP contribution is -2.00. The molecular weight excluding hydrogens is 243 g/mol. The van der Waals surface area contributed by atoms with E-state index in [-0.39, 0.29) is 0 Å². The van der Waals surface area contributed by atoms with Gasteiger partial charge in [0.25, 0.3) is 0 Å². The van der Waals surface area contributed by atoms with E-state index in [1.165, 1.54) is 0 Å². The lowest BCUT2D eigenvalue weighted by Gasteiger charge is -2.07. The number of anilines is 1. The van der Waals surface area contributed by atoms with Crippen molar-refractivity contribution in [2.75, 3.05) is 5.32 Å². The molecule has 2 rings (SSSR count). The number of nitrogens with one attached hydrogen (secondary N) is 1. The third kappa shape index (κ3) is 2.87. The van der Waals surface area contributed by atoms with Gasteiger partial charge in [-0.1, -0.05) is 35.3 Å². The number of hydrogen-bond donors (Lipinski definition) is 1. The summed E-state index contributed by atoms with van der Waals surface area (Å²) < 4.78 is 0. The third-order valence-electron chi connectivity index (χ3n) is 2.14. The summed E-state index contributed by atoms with van der Waals surface area (Å²) in [6.45, 7) is 0.673. The van der Waals surface area contributed by atoms with Gasteiger partial charge in [-0.3, -0.25) is 4.98 Å². The van der Waals surface area contributed by atoms with Gasteiger partial charge in [-0.15, -0.1) is 0 Å². The zero-order valence-corrected chi connectivity index (χ0v) is 9.96. The molecule has 0 radical (unpaired) electrons. The van der Waals surface area contributed by atoms with Gasteiger partial charge < -0.3 is 5.32 Å². The largest absolute Gasteiger partial charge is 0.379 e. The summed E-state index contributed by atoms with van der Waals surface area (Å²) in [4.78, 5) is 4.00. The highest BCUT2D eigenvalue weighted by atomic mass is 35.5. The number of halogens is 2. The van der Waals surface area contributed by atoms with Crippen molar-refractivity contribution in [1.82, 2.24) is 4.98 Å². The van der Waals surface area contributed by atoms with Gasteiger partial charge in [0.15, 0.2) is 0 Å². The van der Waals surface area contributed by atoms with Crippen molar-refractivity contribution in [2.24, 2.45) is 0 Å². The molecule has 82 valence electrons. The number of benzene rings is 1. The Kier molecular flexibility index (Phi) is 3.65. The summed E-state index contributed by atoms with van der Waals surface area (Å²) in [5.41, 5.74) is 1.93. The van der Waals surface area contributed by atoms with E-state index in [4.69, 9.17) is 23.2 Å². The smallest absolute Gasteiger partial charge is 0.0718 e. The Bertz CT molecular complexity index is 486. The predicted octanol–water partition coefficient (Wildman–Crippen LogP) is 4.00. The Labute approximate surface area is 104 Å². The molecule has 0 saturated carbocycles. The molecule has 0 aliphatic heterocycles. The Morgan fingerprint density at radius 1 is 1.19 bits per heavy atom. The molecule has 0 amide bonds. The number of hydrogen-bond acceptors (Lipinski definition) is 2. The van der Waals surface area contributed by atoms with Crippen LogP contribution in [0.4, 0.5) is 5.69 Å². The van der Waals surface area contributed by atoms with E-state index in [0.717, 1.165) is 16.3 Å². The molecule has 0 saturated heterocycles. The average Bonchev–Trinajstić information content (AvgIpc) is 2.28. The SMILES string of the molecule is Clc1cccc(CNc2cnccc2Cl)c1. The first-order valence-corrected chi connectivity index (χ1v) is 5.59. The van der Waals surface area contributed by atoms with E-state index >= 15 is 0 Å². The maximum absolute atomic E-state index is 5.99. The predicted molar refractivity (Wildman–Crippen MR) is 68.0 cm³/mol. The highest BCUT2D eigenvalue weighted by Gasteiger charge is 1.99. The van der Waals surface area contributed by atoms with Crippen LogP contribution in [-0.2, 0) is 6.54 Å². The van der Waals surface area contributed by atoms with Gasteiger partial charge in [0, 0.05) is 17.8 Å². The van der Waals surface area contributed by atoms with E-state index in [0.29, 0.717) is 11.6 Å². The van der Waals surface area contributed by atoms with Crippen molar-refractivity contribution in [3.63, 3.8) is 0 Å². The molecule has 0 spiro atoms. The molecule has 1 aromatic heterocycles. The van der Waals surface area contributed by atoms with Gasteiger partial charge >= 0.3 is 0 Å². The quantitative estimate of drug-likeness (QED) is 0.894. The maximum Gasteiger partial charge on any atom is 0.0718 e. The molecule has 2 nitrogen and oxygen atoms in total. The molecule has 0 atom stereocenters. The number of pyridine rings is 1. The van der Waals surface area contributed by atoms with Crippen LogP contribution < -0.4 is 5.32 Å². The highest BCUT2D eigenvalue weighted by Crippen LogP contribution is 2.20. The molecule has 1 heterocycles. The molecule has 0 unspecified atom stereocenters. The zero-order valence-electron chi connectivity index (χ0n) is 8.45. The normalized spacial score (nSPS) is 10.1. The fourth-order valence-corrected chi connectivity index (χ4v) is 1.74. The minimum absolute atomic E-state index is 0.664. The number of aromatic nitrogens is 1. The Morgan fingerprint density at radius 3 is 2.81 bits per heavy atom. The van der Waals surface area contributed by atoms with Crippen LogP contribution in [0.25, 0.3) is 0 Å². The van der Waals surface area contributed by atoms with E-state index in [9.17, 15) is 0 Å². The van der Waals surface area contributed by atoms with Crippen LogP contribution in [0.1, 0.15) is 5.56 Å². The van der Waals surface area contributed by atoms with Crippen LogP contribution in [0.3, 0.4) is 0 Å². The molecule has 0 aliphatic rings. The molecule has 1 N–H and O–H groups in total. The lowest BCUT2D eigenvalue weighted by molar-refractivity contribution is 1.14. The maximum atomic E-state index is 5.99. The minimum atomic E-state index is 0.664. The van der Waals surface area contributed by atoms with Crippen LogP contribution in [0.5, 0.6) is 0 Å². The van der Waals surface area contributed by atoms with Crippen molar-refractivity contribution < 1.29 is 0 Å². The molecule has 16 heavy (non-hydrogen) atoms. The van der Waals surface area contributed by atoms with Crippen LogP contribution >= 0.6 is 23.2 Å². The van der Waals surface area contributed by atoms with Gasteiger partial charge in [0.05, 0.1) is 16.9 Å². The summed E-state index contributed by atoms with van der Waals surface area (Å²) in [7, 11) is 0. The van der Waals surface area contributed by atoms with Crippen LogP contribution in [0.2, 0.25) is 10.0 Å². The van der Waals surface area contributed by atoms with Gasteiger partial charge in [0.2, 0.25) is 0 Å². The van der Waals surface area contributed by atoms with E-state index in [1.54, 1.807) is 18.5 Å². The van der Waals surface area contributed by atoms with Crippen molar-refractivity contribution in [3.8, 4) is 0 Å². The summed E-state index contributed by atoms with van der Waals surface area (Å²) in [5.74, 6) is 0. The summed E-state index contributed by atoms with van der Waals surface area (Å²) >= 11 is 11.9. The fourth-order valence-electron chi connectivity index (χ4n) is 1.35. The van der Waals surface area contributed by atoms with Crippen molar-refractivity contribution >= 4 is 28.9 Å². The molecular formula is C12H10Cl2N2. The number of nitrogens with zero attached hydrogens (tertiary/aromatic N) is 1. The van der Waals surface area contributed by atoms with Crippen molar-refractivity contribution in [1.29, 1.82) is 0 Å². The first kappa shape index (κ1) is 11.2. The second kappa shape index (κ2) is 5.19. The average molecular weight is 253 g/mol. The van der Waals surface area contributed by atoms with E-state index in [2.05, 4.69) is 10.3 Å². The van der Waals surface area contributed by atoms with Crippen molar-refractivity contribution in [3.05, 3.63) is 58.3 Å². The monoisotopic (exact) mass is 252 g/mol. The third-order valence-corrected chi connectivity index (χ3v) is 2.70. The summed E-state index contributed by atoms with van der Waals surface area (Å²) in [6, 6.07) is 9.44. The first-order valence-electron chi connectivity index (χ1n) is 4.83. The Hall–Kier alpha value is -1.25. The van der Waals surface area contributed by atoms with E-state index in [1.807, 2.05) is 24.3 Å². The number of rotatable bonds is 3. The first-order chi connectivity index (χ1) is 7.75. The Morgan fingerprint density at radius 2 is 2.06 bits per heavy atom. The summed E-state index contributed by atoms with van der Waals surface area (Å²) in [6.07, 6.45) is 3.36. The topological polar surface area (TPSA) is 24.9 Å². The fraction of sp³-hybridized carbons (Fsp3) is 0.0833.